The van der Waals surface area contributed by atoms with Crippen molar-refractivity contribution in [3.8, 4) is 0 Å². The van der Waals surface area contributed by atoms with Gasteiger partial charge in [0.05, 0.1) is 6.54 Å². The van der Waals surface area contributed by atoms with E-state index in [-0.39, 0.29) is 24.0 Å². The van der Waals surface area contributed by atoms with Crippen LogP contribution in [0.2, 0.25) is 0 Å². The summed E-state index contributed by atoms with van der Waals surface area (Å²) in [6.45, 7) is 9.04. The van der Waals surface area contributed by atoms with Crippen molar-refractivity contribution in [1.29, 1.82) is 0 Å². The number of aromatic nitrogens is 3. The Hall–Kier alpha value is -0.900. The van der Waals surface area contributed by atoms with Gasteiger partial charge in [0.1, 0.15) is 12.2 Å². The van der Waals surface area contributed by atoms with Crippen LogP contribution in [-0.2, 0) is 13.0 Å². The highest BCUT2D eigenvalue weighted by Crippen LogP contribution is 2.26. The smallest absolute Gasteiger partial charge is 0.191 e. The van der Waals surface area contributed by atoms with Crippen LogP contribution in [0.15, 0.2) is 11.3 Å². The fraction of sp³-hybridized carbons (Fsp3) is 0.833. The normalized spacial score (nSPS) is 21.8. The first-order valence-corrected chi connectivity index (χ1v) is 9.95. The minimum atomic E-state index is 0. The van der Waals surface area contributed by atoms with Gasteiger partial charge in [0.2, 0.25) is 0 Å². The zero-order valence-electron chi connectivity index (χ0n) is 16.2. The van der Waals surface area contributed by atoms with Gasteiger partial charge in [-0.3, -0.25) is 9.89 Å². The second-order valence-electron chi connectivity index (χ2n) is 7.12. The van der Waals surface area contributed by atoms with Crippen LogP contribution in [0.3, 0.4) is 0 Å². The van der Waals surface area contributed by atoms with Crippen molar-refractivity contribution in [2.45, 2.75) is 71.0 Å². The van der Waals surface area contributed by atoms with Gasteiger partial charge in [-0.2, -0.15) is 0 Å². The molecule has 0 radical (unpaired) electrons. The third-order valence-corrected chi connectivity index (χ3v) is 5.37. The summed E-state index contributed by atoms with van der Waals surface area (Å²) in [7, 11) is 0. The lowest BCUT2D eigenvalue weighted by Gasteiger charge is -2.24. The Balaban J connectivity index is 0.00000243. The number of nitrogens with one attached hydrogen (secondary N) is 2. The fourth-order valence-electron chi connectivity index (χ4n) is 4.03. The van der Waals surface area contributed by atoms with Gasteiger partial charge in [-0.05, 0) is 26.2 Å². The van der Waals surface area contributed by atoms with Crippen molar-refractivity contribution in [2.24, 2.45) is 4.99 Å². The average molecular weight is 475 g/mol. The van der Waals surface area contributed by atoms with Crippen molar-refractivity contribution in [2.75, 3.05) is 26.2 Å². The van der Waals surface area contributed by atoms with Crippen molar-refractivity contribution in [3.63, 3.8) is 0 Å². The molecule has 7 nitrogen and oxygen atoms in total. The summed E-state index contributed by atoms with van der Waals surface area (Å²) in [5.41, 5.74) is 0. The Morgan fingerprint density at radius 2 is 2.08 bits per heavy atom. The lowest BCUT2D eigenvalue weighted by atomic mass is 10.2. The quantitative estimate of drug-likeness (QED) is 0.359. The van der Waals surface area contributed by atoms with Crippen molar-refractivity contribution in [1.82, 2.24) is 30.3 Å². The largest absolute Gasteiger partial charge is 0.357 e. The van der Waals surface area contributed by atoms with Crippen LogP contribution in [0.4, 0.5) is 0 Å². The average Bonchev–Trinajstić information content (AvgIpc) is 3.36. The topological polar surface area (TPSA) is 70.4 Å². The molecule has 0 amide bonds. The lowest BCUT2D eigenvalue weighted by Crippen LogP contribution is -2.45. The summed E-state index contributed by atoms with van der Waals surface area (Å²) < 4.78 is 2.09. The summed E-state index contributed by atoms with van der Waals surface area (Å²) >= 11 is 0. The molecule has 8 heteroatoms. The van der Waals surface area contributed by atoms with Crippen molar-refractivity contribution < 1.29 is 0 Å². The molecule has 1 unspecified atom stereocenters. The lowest BCUT2D eigenvalue weighted by molar-refractivity contribution is 0.242. The molecule has 1 aliphatic carbocycles. The van der Waals surface area contributed by atoms with Crippen LogP contribution in [0.25, 0.3) is 0 Å². The molecule has 0 aromatic carbocycles. The minimum Gasteiger partial charge on any atom is -0.357 e. The van der Waals surface area contributed by atoms with E-state index in [1.165, 1.54) is 38.6 Å². The Morgan fingerprint density at radius 1 is 1.27 bits per heavy atom. The van der Waals surface area contributed by atoms with Gasteiger partial charge >= 0.3 is 0 Å². The van der Waals surface area contributed by atoms with E-state index in [1.807, 2.05) is 0 Å². The van der Waals surface area contributed by atoms with Crippen molar-refractivity contribution in [3.05, 3.63) is 12.2 Å². The highest BCUT2D eigenvalue weighted by Gasteiger charge is 2.30. The Kier molecular flexibility index (Phi) is 9.10. The molecule has 0 bridgehead atoms. The molecule has 2 N–H and O–H groups in total. The second kappa shape index (κ2) is 11.1. The Bertz CT molecular complexity index is 553. The zero-order chi connectivity index (χ0) is 17.5. The van der Waals surface area contributed by atoms with E-state index >= 15 is 0 Å². The number of halogens is 1. The second-order valence-corrected chi connectivity index (χ2v) is 7.12. The summed E-state index contributed by atoms with van der Waals surface area (Å²) in [4.78, 5) is 7.43. The summed E-state index contributed by atoms with van der Waals surface area (Å²) in [6.07, 6.45) is 9.51. The summed E-state index contributed by atoms with van der Waals surface area (Å²) in [6, 6.07) is 1.34. The van der Waals surface area contributed by atoms with Gasteiger partial charge in [-0.15, -0.1) is 34.2 Å². The molecular weight excluding hydrogens is 441 g/mol. The number of hydrogen-bond acceptors (Lipinski definition) is 4. The molecule has 2 fully saturated rings. The van der Waals surface area contributed by atoms with E-state index in [0.717, 1.165) is 50.4 Å². The monoisotopic (exact) mass is 475 g/mol. The minimum absolute atomic E-state index is 0. The highest BCUT2D eigenvalue weighted by molar-refractivity contribution is 14.0. The molecule has 3 rings (SSSR count). The first kappa shape index (κ1) is 21.4. The summed E-state index contributed by atoms with van der Waals surface area (Å²) in [5, 5.41) is 15.1. The van der Waals surface area contributed by atoms with E-state index < -0.39 is 0 Å². The van der Waals surface area contributed by atoms with E-state index in [0.29, 0.717) is 6.04 Å². The van der Waals surface area contributed by atoms with Gasteiger partial charge < -0.3 is 15.2 Å². The maximum Gasteiger partial charge on any atom is 0.191 e. The van der Waals surface area contributed by atoms with Crippen LogP contribution in [0, 0.1) is 0 Å². The standard InChI is InChI=1S/C18H33N7.HI/c1-3-17-23-21-14-25(17)12-10-20-18(19-4-2)22-15-9-11-24(13-15)16-7-5-6-8-16;/h14-16H,3-13H2,1-2H3,(H2,19,20,22);1H. The van der Waals surface area contributed by atoms with Crippen LogP contribution < -0.4 is 10.6 Å². The van der Waals surface area contributed by atoms with Gasteiger partial charge in [-0.25, -0.2) is 0 Å². The van der Waals surface area contributed by atoms with E-state index in [9.17, 15) is 0 Å². The van der Waals surface area contributed by atoms with Crippen LogP contribution in [0.1, 0.15) is 51.8 Å². The molecule has 0 spiro atoms. The molecule has 1 aliphatic heterocycles. The van der Waals surface area contributed by atoms with Gasteiger partial charge in [0.15, 0.2) is 5.96 Å². The molecule has 148 valence electrons. The number of aliphatic imine (C=N–C) groups is 1. The first-order chi connectivity index (χ1) is 12.3. The van der Waals surface area contributed by atoms with Crippen LogP contribution >= 0.6 is 24.0 Å². The zero-order valence-corrected chi connectivity index (χ0v) is 18.5. The van der Waals surface area contributed by atoms with Crippen LogP contribution in [0.5, 0.6) is 0 Å². The van der Waals surface area contributed by atoms with E-state index in [1.54, 1.807) is 6.33 Å². The first-order valence-electron chi connectivity index (χ1n) is 9.95. The maximum absolute atomic E-state index is 4.75. The predicted molar refractivity (Wildman–Crippen MR) is 116 cm³/mol. The number of nitrogens with zero attached hydrogens (tertiary/aromatic N) is 5. The maximum atomic E-state index is 4.75. The molecule has 2 heterocycles. The Morgan fingerprint density at radius 3 is 2.81 bits per heavy atom. The Labute approximate surface area is 174 Å². The number of aryl methyl sites for hydroxylation is 1. The summed E-state index contributed by atoms with van der Waals surface area (Å²) in [5.74, 6) is 1.96. The van der Waals surface area contributed by atoms with E-state index in [2.05, 4.69) is 44.1 Å². The number of hydrogen-bond donors (Lipinski definition) is 2. The highest BCUT2D eigenvalue weighted by atomic mass is 127. The molecule has 1 saturated carbocycles. The number of rotatable bonds is 7. The molecular formula is C18H34IN7. The third-order valence-electron chi connectivity index (χ3n) is 5.37. The van der Waals surface area contributed by atoms with E-state index in [4.69, 9.17) is 4.99 Å². The molecule has 2 aliphatic rings. The molecule has 1 aromatic rings. The molecule has 1 atom stereocenters. The predicted octanol–water partition coefficient (Wildman–Crippen LogP) is 2.03. The number of likely N-dealkylation sites (tertiary alicyclic amines) is 1. The number of guanidine groups is 1. The van der Waals surface area contributed by atoms with Gasteiger partial charge in [0, 0.05) is 44.7 Å². The third kappa shape index (κ3) is 5.80. The fourth-order valence-corrected chi connectivity index (χ4v) is 4.03. The molecule has 26 heavy (non-hydrogen) atoms. The van der Waals surface area contributed by atoms with Gasteiger partial charge in [0.25, 0.3) is 0 Å². The molecule has 1 saturated heterocycles. The molecule has 1 aromatic heterocycles. The van der Waals surface area contributed by atoms with Gasteiger partial charge in [-0.1, -0.05) is 19.8 Å². The SMILES string of the molecule is CCNC(=NCCn1cnnc1CC)NC1CCN(C2CCCC2)C1.I. The van der Waals surface area contributed by atoms with Crippen molar-refractivity contribution >= 4 is 29.9 Å². The van der Waals surface area contributed by atoms with Crippen LogP contribution in [-0.4, -0.2) is 63.9 Å².